The highest BCUT2D eigenvalue weighted by molar-refractivity contribution is 7.89. The zero-order chi connectivity index (χ0) is 19.1. The minimum Gasteiger partial charge on any atom is -0.294 e. The fourth-order valence-electron chi connectivity index (χ4n) is 2.52. The number of hydrogen-bond acceptors (Lipinski definition) is 4. The molecule has 2 aromatic carbocycles. The van der Waals surface area contributed by atoms with Gasteiger partial charge in [0.05, 0.1) is 33.7 Å². The summed E-state index contributed by atoms with van der Waals surface area (Å²) in [6, 6.07) is 9.48. The van der Waals surface area contributed by atoms with Gasteiger partial charge in [-0.3, -0.25) is 9.36 Å². The molecule has 0 bridgehead atoms. The van der Waals surface area contributed by atoms with Gasteiger partial charge < -0.3 is 0 Å². The third kappa shape index (κ3) is 3.48. The number of nitrogens with zero attached hydrogens (tertiary/aromatic N) is 3. The van der Waals surface area contributed by atoms with Crippen LogP contribution in [0.5, 0.6) is 0 Å². The first kappa shape index (κ1) is 18.8. The van der Waals surface area contributed by atoms with Crippen LogP contribution in [0.1, 0.15) is 5.56 Å². The van der Waals surface area contributed by atoms with Gasteiger partial charge in [0.25, 0.3) is 5.56 Å². The van der Waals surface area contributed by atoms with Crippen molar-refractivity contribution in [3.8, 4) is 0 Å². The van der Waals surface area contributed by atoms with Crippen molar-refractivity contribution in [1.82, 2.24) is 13.9 Å². The van der Waals surface area contributed by atoms with Crippen molar-refractivity contribution in [2.75, 3.05) is 14.1 Å². The van der Waals surface area contributed by atoms with E-state index in [1.165, 1.54) is 49.3 Å². The largest absolute Gasteiger partial charge is 0.294 e. The van der Waals surface area contributed by atoms with Crippen molar-refractivity contribution in [2.24, 2.45) is 0 Å². The highest BCUT2D eigenvalue weighted by atomic mass is 35.5. The quantitative estimate of drug-likeness (QED) is 0.661. The van der Waals surface area contributed by atoms with Crippen LogP contribution in [0.15, 0.2) is 52.4 Å². The van der Waals surface area contributed by atoms with E-state index in [1.807, 2.05) is 0 Å². The van der Waals surface area contributed by atoms with Crippen molar-refractivity contribution >= 4 is 44.1 Å². The third-order valence-electron chi connectivity index (χ3n) is 3.88. The number of halogens is 2. The first-order valence-electron chi connectivity index (χ1n) is 7.56. The lowest BCUT2D eigenvalue weighted by Gasteiger charge is -2.13. The second kappa shape index (κ2) is 7.00. The Morgan fingerprint density at radius 3 is 2.58 bits per heavy atom. The van der Waals surface area contributed by atoms with E-state index in [1.54, 1.807) is 12.1 Å². The minimum absolute atomic E-state index is 0.160. The molecule has 9 heteroatoms. The second-order valence-electron chi connectivity index (χ2n) is 5.90. The Bertz CT molecular complexity index is 1160. The third-order valence-corrected chi connectivity index (χ3v) is 6.19. The van der Waals surface area contributed by atoms with E-state index in [2.05, 4.69) is 4.98 Å². The van der Waals surface area contributed by atoms with Crippen LogP contribution >= 0.6 is 23.2 Å². The van der Waals surface area contributed by atoms with Gasteiger partial charge >= 0.3 is 0 Å². The Morgan fingerprint density at radius 2 is 1.88 bits per heavy atom. The molecule has 1 heterocycles. The molecule has 0 atom stereocenters. The van der Waals surface area contributed by atoms with Crippen LogP contribution in [0.3, 0.4) is 0 Å². The molecule has 0 unspecified atom stereocenters. The molecule has 26 heavy (non-hydrogen) atoms. The molecule has 0 spiro atoms. The van der Waals surface area contributed by atoms with Crippen LogP contribution in [0.25, 0.3) is 10.9 Å². The molecule has 3 rings (SSSR count). The number of benzene rings is 2. The molecule has 0 radical (unpaired) electrons. The lowest BCUT2D eigenvalue weighted by Crippen LogP contribution is -2.23. The van der Waals surface area contributed by atoms with Crippen LogP contribution in [0.2, 0.25) is 10.0 Å². The molecule has 0 aliphatic carbocycles. The van der Waals surface area contributed by atoms with Crippen LogP contribution in [0, 0.1) is 0 Å². The molecule has 0 fully saturated rings. The summed E-state index contributed by atoms with van der Waals surface area (Å²) in [4.78, 5) is 17.1. The second-order valence-corrected chi connectivity index (χ2v) is 8.89. The SMILES string of the molecule is CN(C)S(=O)(=O)c1cccc(Cn2cnc3c(Cl)cc(Cl)cc3c2=O)c1. The van der Waals surface area contributed by atoms with E-state index >= 15 is 0 Å². The fraction of sp³-hybridized carbons (Fsp3) is 0.176. The zero-order valence-electron chi connectivity index (χ0n) is 14.0. The number of hydrogen-bond donors (Lipinski definition) is 0. The molecule has 0 aliphatic heterocycles. The van der Waals surface area contributed by atoms with Gasteiger partial charge in [-0.15, -0.1) is 0 Å². The zero-order valence-corrected chi connectivity index (χ0v) is 16.3. The summed E-state index contributed by atoms with van der Waals surface area (Å²) in [7, 11) is -0.621. The van der Waals surface area contributed by atoms with E-state index < -0.39 is 10.0 Å². The van der Waals surface area contributed by atoms with Crippen LogP contribution in [-0.4, -0.2) is 36.4 Å². The summed E-state index contributed by atoms with van der Waals surface area (Å²) >= 11 is 12.1. The topological polar surface area (TPSA) is 72.3 Å². The standard InChI is InChI=1S/C17H15Cl2N3O3S/c1-21(2)26(24,25)13-5-3-4-11(6-13)9-22-10-20-16-14(17(22)23)7-12(18)8-15(16)19/h3-8,10H,9H2,1-2H3. The Balaban J connectivity index is 2.05. The summed E-state index contributed by atoms with van der Waals surface area (Å²) in [6.07, 6.45) is 1.39. The average Bonchev–Trinajstić information content (AvgIpc) is 2.58. The van der Waals surface area contributed by atoms with E-state index in [4.69, 9.17) is 23.2 Å². The van der Waals surface area contributed by atoms with E-state index in [-0.39, 0.29) is 17.0 Å². The highest BCUT2D eigenvalue weighted by Gasteiger charge is 2.17. The molecular weight excluding hydrogens is 397 g/mol. The highest BCUT2D eigenvalue weighted by Crippen LogP contribution is 2.24. The lowest BCUT2D eigenvalue weighted by atomic mass is 10.2. The summed E-state index contributed by atoms with van der Waals surface area (Å²) in [5, 5.41) is 0.955. The van der Waals surface area contributed by atoms with Gasteiger partial charge in [0, 0.05) is 19.1 Å². The van der Waals surface area contributed by atoms with Crippen molar-refractivity contribution in [2.45, 2.75) is 11.4 Å². The lowest BCUT2D eigenvalue weighted by molar-refractivity contribution is 0.520. The van der Waals surface area contributed by atoms with Gasteiger partial charge in [0.15, 0.2) is 0 Å². The maximum atomic E-state index is 12.7. The van der Waals surface area contributed by atoms with Gasteiger partial charge in [-0.05, 0) is 29.8 Å². The van der Waals surface area contributed by atoms with Crippen molar-refractivity contribution in [3.05, 3.63) is 68.7 Å². The fourth-order valence-corrected chi connectivity index (χ4v) is 4.03. The molecule has 0 N–H and O–H groups in total. The summed E-state index contributed by atoms with van der Waals surface area (Å²) < 4.78 is 27.1. The predicted octanol–water partition coefficient (Wildman–Crippen LogP) is 3.00. The van der Waals surface area contributed by atoms with Gasteiger partial charge in [0.1, 0.15) is 0 Å². The van der Waals surface area contributed by atoms with Crippen molar-refractivity contribution in [1.29, 1.82) is 0 Å². The van der Waals surface area contributed by atoms with Gasteiger partial charge in [-0.1, -0.05) is 35.3 Å². The predicted molar refractivity (Wildman–Crippen MR) is 102 cm³/mol. The molecule has 0 amide bonds. The van der Waals surface area contributed by atoms with Gasteiger partial charge in [0.2, 0.25) is 10.0 Å². The van der Waals surface area contributed by atoms with Crippen LogP contribution in [0.4, 0.5) is 0 Å². The molecule has 1 aromatic heterocycles. The van der Waals surface area contributed by atoms with Crippen LogP contribution in [-0.2, 0) is 16.6 Å². The molecule has 6 nitrogen and oxygen atoms in total. The molecule has 0 saturated carbocycles. The normalized spacial score (nSPS) is 12.0. The molecule has 0 aliphatic rings. The molecule has 136 valence electrons. The maximum Gasteiger partial charge on any atom is 0.261 e. The average molecular weight is 412 g/mol. The minimum atomic E-state index is -3.55. The Labute approximate surface area is 160 Å². The molecule has 0 saturated heterocycles. The van der Waals surface area contributed by atoms with Crippen LogP contribution < -0.4 is 5.56 Å². The van der Waals surface area contributed by atoms with Crippen molar-refractivity contribution in [3.63, 3.8) is 0 Å². The Hall–Kier alpha value is -1.93. The Kier molecular flexibility index (Phi) is 5.07. The number of fused-ring (bicyclic) bond motifs is 1. The summed E-state index contributed by atoms with van der Waals surface area (Å²) in [5.41, 5.74) is 0.728. The first-order chi connectivity index (χ1) is 12.2. The number of aromatic nitrogens is 2. The maximum absolute atomic E-state index is 12.7. The van der Waals surface area contributed by atoms with E-state index in [0.29, 0.717) is 26.5 Å². The van der Waals surface area contributed by atoms with E-state index in [0.717, 1.165) is 4.31 Å². The number of sulfonamides is 1. The number of rotatable bonds is 4. The smallest absolute Gasteiger partial charge is 0.261 e. The molecular formula is C17H15Cl2N3O3S. The summed E-state index contributed by atoms with van der Waals surface area (Å²) in [5.74, 6) is 0. The van der Waals surface area contributed by atoms with Crippen molar-refractivity contribution < 1.29 is 8.42 Å². The summed E-state index contributed by atoms with van der Waals surface area (Å²) in [6.45, 7) is 0.169. The van der Waals surface area contributed by atoms with Gasteiger partial charge in [-0.2, -0.15) is 0 Å². The molecule has 3 aromatic rings. The van der Waals surface area contributed by atoms with E-state index in [9.17, 15) is 13.2 Å². The Morgan fingerprint density at radius 1 is 1.15 bits per heavy atom. The first-order valence-corrected chi connectivity index (χ1v) is 9.75. The monoisotopic (exact) mass is 411 g/mol. The van der Waals surface area contributed by atoms with Gasteiger partial charge in [-0.25, -0.2) is 17.7 Å².